The van der Waals surface area contributed by atoms with E-state index in [0.29, 0.717) is 0 Å². The van der Waals surface area contributed by atoms with E-state index in [-0.39, 0.29) is 31.8 Å². The number of amides is 3. The fourth-order valence-electron chi connectivity index (χ4n) is 2.76. The van der Waals surface area contributed by atoms with Crippen molar-refractivity contribution >= 4 is 47.6 Å². The minimum absolute atomic E-state index is 0.00676. The van der Waals surface area contributed by atoms with Crippen molar-refractivity contribution in [1.29, 1.82) is 0 Å². The van der Waals surface area contributed by atoms with Gasteiger partial charge in [-0.05, 0) is 19.3 Å². The molecular formula is C19H31N7O11. The molecule has 13 N–H and O–H groups in total. The van der Waals surface area contributed by atoms with Gasteiger partial charge in [-0.2, -0.15) is 0 Å². The lowest BCUT2D eigenvalue weighted by Gasteiger charge is -2.24. The first-order valence-electron chi connectivity index (χ1n) is 10.7. The predicted molar refractivity (Wildman–Crippen MR) is 123 cm³/mol. The van der Waals surface area contributed by atoms with E-state index >= 15 is 0 Å². The maximum Gasteiger partial charge on any atom is 0.326 e. The Labute approximate surface area is 209 Å². The van der Waals surface area contributed by atoms with Gasteiger partial charge in [-0.1, -0.05) is 0 Å². The van der Waals surface area contributed by atoms with Gasteiger partial charge in [0.1, 0.15) is 18.1 Å². The number of carbonyl (C=O) groups excluding carboxylic acids is 3. The molecule has 0 fully saturated rings. The van der Waals surface area contributed by atoms with E-state index in [1.165, 1.54) is 0 Å². The Hall–Kier alpha value is -4.48. The van der Waals surface area contributed by atoms with Gasteiger partial charge in [0.05, 0.1) is 18.9 Å². The van der Waals surface area contributed by atoms with Crippen molar-refractivity contribution in [2.75, 3.05) is 6.54 Å². The third kappa shape index (κ3) is 14.5. The van der Waals surface area contributed by atoms with E-state index in [0.717, 1.165) is 0 Å². The standard InChI is InChI=1S/C19H31N7O11/c20-8(3-4-12(27)28)15(33)25-10(6-13(29)30)17(35)24-9(2-1-5-23-19(21)22)16(34)26-11(18(36)37)7-14(31)32/h8-11H,1-7,20H2,(H,24,35)(H,25,33)(H,26,34)(H,27,28)(H,29,30)(H,31,32)(H,36,37)(H4,21,22,23). The minimum Gasteiger partial charge on any atom is -0.481 e. The highest BCUT2D eigenvalue weighted by Gasteiger charge is 2.32. The molecule has 208 valence electrons. The van der Waals surface area contributed by atoms with Crippen LogP contribution in [0.1, 0.15) is 38.5 Å². The van der Waals surface area contributed by atoms with E-state index in [1.807, 2.05) is 5.32 Å². The van der Waals surface area contributed by atoms with Crippen LogP contribution in [0.5, 0.6) is 0 Å². The van der Waals surface area contributed by atoms with Gasteiger partial charge in [0.25, 0.3) is 0 Å². The molecule has 37 heavy (non-hydrogen) atoms. The predicted octanol–water partition coefficient (Wildman–Crippen LogP) is -4.28. The van der Waals surface area contributed by atoms with E-state index in [4.69, 9.17) is 37.6 Å². The normalized spacial score (nSPS) is 13.6. The number of carboxylic acid groups (broad SMARTS) is 4. The zero-order chi connectivity index (χ0) is 28.7. The largest absolute Gasteiger partial charge is 0.481 e. The van der Waals surface area contributed by atoms with Gasteiger partial charge in [-0.3, -0.25) is 33.8 Å². The molecule has 0 bridgehead atoms. The van der Waals surface area contributed by atoms with Gasteiger partial charge >= 0.3 is 23.9 Å². The van der Waals surface area contributed by atoms with Crippen molar-refractivity contribution in [3.8, 4) is 0 Å². The Morgan fingerprint density at radius 2 is 1.16 bits per heavy atom. The van der Waals surface area contributed by atoms with Gasteiger partial charge in [-0.15, -0.1) is 0 Å². The number of rotatable bonds is 18. The van der Waals surface area contributed by atoms with Gasteiger partial charge in [0, 0.05) is 13.0 Å². The number of nitrogens with one attached hydrogen (secondary N) is 3. The molecule has 18 nitrogen and oxygen atoms in total. The molecule has 18 heteroatoms. The number of nitrogens with zero attached hydrogens (tertiary/aromatic N) is 1. The zero-order valence-corrected chi connectivity index (χ0v) is 19.6. The molecule has 0 spiro atoms. The van der Waals surface area contributed by atoms with Crippen LogP contribution >= 0.6 is 0 Å². The summed E-state index contributed by atoms with van der Waals surface area (Å²) in [6.07, 6.45) is -2.81. The lowest BCUT2D eigenvalue weighted by atomic mass is 10.1. The summed E-state index contributed by atoms with van der Waals surface area (Å²) >= 11 is 0. The average molecular weight is 533 g/mol. The summed E-state index contributed by atoms with van der Waals surface area (Å²) < 4.78 is 0. The summed E-state index contributed by atoms with van der Waals surface area (Å²) in [5.74, 6) is -9.48. The molecule has 0 aromatic rings. The fourth-order valence-corrected chi connectivity index (χ4v) is 2.76. The summed E-state index contributed by atoms with van der Waals surface area (Å²) in [4.78, 5) is 85.4. The molecule has 0 aromatic heterocycles. The van der Waals surface area contributed by atoms with Crippen molar-refractivity contribution in [2.24, 2.45) is 22.2 Å². The first-order valence-corrected chi connectivity index (χ1v) is 10.7. The minimum atomic E-state index is -1.84. The van der Waals surface area contributed by atoms with Gasteiger partial charge in [0.15, 0.2) is 5.96 Å². The second-order valence-corrected chi connectivity index (χ2v) is 7.71. The van der Waals surface area contributed by atoms with Crippen LogP contribution in [0.25, 0.3) is 0 Å². The van der Waals surface area contributed by atoms with Crippen LogP contribution in [0.4, 0.5) is 0 Å². The Bertz CT molecular complexity index is 905. The molecule has 3 amide bonds. The van der Waals surface area contributed by atoms with Gasteiger partial charge in [-0.25, -0.2) is 4.79 Å². The number of nitrogens with two attached hydrogens (primary N) is 3. The highest BCUT2D eigenvalue weighted by atomic mass is 16.4. The molecule has 0 aliphatic heterocycles. The summed E-state index contributed by atoms with van der Waals surface area (Å²) in [5.41, 5.74) is 16.0. The average Bonchev–Trinajstić information content (AvgIpc) is 2.77. The van der Waals surface area contributed by atoms with Crippen LogP contribution < -0.4 is 33.2 Å². The monoisotopic (exact) mass is 533 g/mol. The fraction of sp³-hybridized carbons (Fsp3) is 0.579. The molecule has 0 saturated heterocycles. The quantitative estimate of drug-likeness (QED) is 0.0453. The highest BCUT2D eigenvalue weighted by molar-refractivity contribution is 5.96. The zero-order valence-electron chi connectivity index (χ0n) is 19.6. The SMILES string of the molecule is NC(N)=NCCCC(NC(=O)C(CC(=O)O)NC(=O)C(N)CCC(=O)O)C(=O)NC(CC(=O)O)C(=O)O. The van der Waals surface area contributed by atoms with Crippen molar-refractivity contribution in [3.05, 3.63) is 0 Å². The van der Waals surface area contributed by atoms with E-state index in [1.54, 1.807) is 0 Å². The second-order valence-electron chi connectivity index (χ2n) is 7.71. The molecule has 4 unspecified atom stereocenters. The molecule has 0 saturated carbocycles. The summed E-state index contributed by atoms with van der Waals surface area (Å²) in [6, 6.07) is -6.48. The Kier molecular flexibility index (Phi) is 14.3. The number of guanidine groups is 1. The molecule has 0 aliphatic carbocycles. The van der Waals surface area contributed by atoms with Crippen LogP contribution in [0.2, 0.25) is 0 Å². The molecular weight excluding hydrogens is 502 g/mol. The second kappa shape index (κ2) is 16.2. The Morgan fingerprint density at radius 1 is 0.676 bits per heavy atom. The maximum atomic E-state index is 12.8. The van der Waals surface area contributed by atoms with Crippen molar-refractivity contribution in [2.45, 2.75) is 62.7 Å². The number of carboxylic acids is 4. The highest BCUT2D eigenvalue weighted by Crippen LogP contribution is 2.05. The Morgan fingerprint density at radius 3 is 1.65 bits per heavy atom. The molecule has 0 aromatic carbocycles. The van der Waals surface area contributed by atoms with Crippen molar-refractivity contribution in [1.82, 2.24) is 16.0 Å². The third-order valence-electron chi connectivity index (χ3n) is 4.59. The molecule has 0 radical (unpaired) electrons. The van der Waals surface area contributed by atoms with Crippen LogP contribution in [0.3, 0.4) is 0 Å². The third-order valence-corrected chi connectivity index (χ3v) is 4.59. The first-order chi connectivity index (χ1) is 17.1. The van der Waals surface area contributed by atoms with E-state index < -0.39 is 85.0 Å². The first kappa shape index (κ1) is 32.5. The Balaban J connectivity index is 5.66. The number of hydrogen-bond donors (Lipinski definition) is 10. The number of carbonyl (C=O) groups is 7. The number of hydrogen-bond acceptors (Lipinski definition) is 9. The lowest BCUT2D eigenvalue weighted by Crippen LogP contribution is -2.57. The summed E-state index contributed by atoms with van der Waals surface area (Å²) in [6.45, 7) is -0.00676. The number of aliphatic carboxylic acids is 4. The van der Waals surface area contributed by atoms with Crippen LogP contribution in [-0.2, 0) is 33.6 Å². The topological polar surface area (TPSA) is 327 Å². The molecule has 4 atom stereocenters. The summed E-state index contributed by atoms with van der Waals surface area (Å²) in [5, 5.41) is 42.0. The van der Waals surface area contributed by atoms with Crippen LogP contribution in [0, 0.1) is 0 Å². The van der Waals surface area contributed by atoms with Gasteiger partial charge < -0.3 is 53.6 Å². The van der Waals surface area contributed by atoms with Crippen molar-refractivity contribution < 1.29 is 54.0 Å². The lowest BCUT2D eigenvalue weighted by molar-refractivity contribution is -0.147. The molecule has 0 heterocycles. The van der Waals surface area contributed by atoms with Crippen LogP contribution in [0.15, 0.2) is 4.99 Å². The molecule has 0 aliphatic rings. The maximum absolute atomic E-state index is 12.8. The van der Waals surface area contributed by atoms with Crippen molar-refractivity contribution in [3.63, 3.8) is 0 Å². The van der Waals surface area contributed by atoms with Gasteiger partial charge in [0.2, 0.25) is 17.7 Å². The summed E-state index contributed by atoms with van der Waals surface area (Å²) in [7, 11) is 0. The van der Waals surface area contributed by atoms with E-state index in [2.05, 4.69) is 15.6 Å². The smallest absolute Gasteiger partial charge is 0.326 e. The van der Waals surface area contributed by atoms with Crippen LogP contribution in [-0.4, -0.2) is 98.7 Å². The van der Waals surface area contributed by atoms with E-state index in [9.17, 15) is 33.6 Å². The molecule has 0 rings (SSSR count). The number of aliphatic imine (C=N–C) groups is 1.